The smallest absolute Gasteiger partial charge is 0.166 e. The molecule has 0 spiro atoms. The highest BCUT2D eigenvalue weighted by molar-refractivity contribution is 6.36. The van der Waals surface area contributed by atoms with Gasteiger partial charge in [-0.1, -0.05) is 23.2 Å². The number of pyridine rings is 1. The van der Waals surface area contributed by atoms with Crippen molar-refractivity contribution >= 4 is 29.0 Å². The van der Waals surface area contributed by atoms with Gasteiger partial charge in [-0.15, -0.1) is 0 Å². The maximum atomic E-state index is 13.9. The van der Waals surface area contributed by atoms with Gasteiger partial charge in [-0.25, -0.2) is 9.37 Å². The zero-order valence-electron chi connectivity index (χ0n) is 16.0. The fraction of sp³-hybridized carbons (Fsp3) is 0.300. The number of anilines is 1. The van der Waals surface area contributed by atoms with Gasteiger partial charge in [0.1, 0.15) is 11.9 Å². The van der Waals surface area contributed by atoms with E-state index in [1.165, 1.54) is 12.1 Å². The molecule has 4 rings (SSSR count). The average molecular weight is 452 g/mol. The Bertz CT molecular complexity index is 1080. The molecule has 3 heterocycles. The van der Waals surface area contributed by atoms with E-state index in [9.17, 15) is 9.50 Å². The van der Waals surface area contributed by atoms with E-state index in [4.69, 9.17) is 33.7 Å². The Hall–Kier alpha value is -2.39. The Labute approximate surface area is 182 Å². The molecule has 3 unspecified atom stereocenters. The molecule has 30 heavy (non-hydrogen) atoms. The van der Waals surface area contributed by atoms with Crippen LogP contribution >= 0.6 is 23.2 Å². The van der Waals surface area contributed by atoms with E-state index in [-0.39, 0.29) is 16.9 Å². The number of aliphatic hydroxyl groups is 1. The van der Waals surface area contributed by atoms with Gasteiger partial charge in [0, 0.05) is 47.2 Å². The maximum Gasteiger partial charge on any atom is 0.166 e. The first-order valence-corrected chi connectivity index (χ1v) is 10.1. The monoisotopic (exact) mass is 451 g/mol. The number of nitrogens with one attached hydrogen (secondary N) is 1. The van der Waals surface area contributed by atoms with Gasteiger partial charge in [-0.05, 0) is 25.1 Å². The van der Waals surface area contributed by atoms with Gasteiger partial charge < -0.3 is 20.9 Å². The topological polar surface area (TPSA) is 98.2 Å². The van der Waals surface area contributed by atoms with Crippen LogP contribution in [0.25, 0.3) is 11.1 Å². The second kappa shape index (κ2) is 8.39. The number of ether oxygens (including phenoxy) is 1. The lowest BCUT2D eigenvalue weighted by molar-refractivity contribution is 0.145. The van der Waals surface area contributed by atoms with Crippen molar-refractivity contribution in [3.05, 3.63) is 58.2 Å². The van der Waals surface area contributed by atoms with Crippen LogP contribution in [0.5, 0.6) is 5.75 Å². The van der Waals surface area contributed by atoms with Crippen LogP contribution in [0.1, 0.15) is 24.6 Å². The summed E-state index contributed by atoms with van der Waals surface area (Å²) in [6, 6.07) is 4.22. The lowest BCUT2D eigenvalue weighted by Gasteiger charge is -2.19. The number of hydrogen-bond donors (Lipinski definition) is 3. The van der Waals surface area contributed by atoms with E-state index < -0.39 is 18.0 Å². The summed E-state index contributed by atoms with van der Waals surface area (Å²) in [5.74, 6) is -0.0915. The van der Waals surface area contributed by atoms with Crippen LogP contribution in [0.15, 0.2) is 36.8 Å². The minimum Gasteiger partial charge on any atom is -0.482 e. The molecule has 158 valence electrons. The molecule has 0 bridgehead atoms. The van der Waals surface area contributed by atoms with Crippen LogP contribution in [0, 0.1) is 5.82 Å². The molecule has 1 aromatic carbocycles. The van der Waals surface area contributed by atoms with Gasteiger partial charge in [0.25, 0.3) is 0 Å². The minimum absolute atomic E-state index is 0.0947. The molecule has 7 nitrogen and oxygen atoms in total. The Morgan fingerprint density at radius 2 is 2.10 bits per heavy atom. The standard InChI is InChI=1S/C20H20Cl2FN5O2/c1-10(18-13(21)2-3-14(23)19(18)22)30-17-4-11(5-26-20(17)24)12-6-27-28(9-12)15-7-25-8-16(15)29/h2-6,9-10,15-16,25,29H,7-8H2,1H3,(H2,24,26). The fourth-order valence-electron chi connectivity index (χ4n) is 3.46. The summed E-state index contributed by atoms with van der Waals surface area (Å²) in [5.41, 5.74) is 7.84. The van der Waals surface area contributed by atoms with E-state index in [0.29, 0.717) is 29.4 Å². The Balaban J connectivity index is 1.60. The van der Waals surface area contributed by atoms with Gasteiger partial charge in [0.2, 0.25) is 0 Å². The predicted octanol–water partition coefficient (Wildman–Crippen LogP) is 3.62. The molecule has 0 amide bonds. The number of hydrogen-bond acceptors (Lipinski definition) is 6. The number of nitrogen functional groups attached to an aromatic ring is 1. The van der Waals surface area contributed by atoms with Crippen LogP contribution in [0.4, 0.5) is 10.2 Å². The van der Waals surface area contributed by atoms with Gasteiger partial charge >= 0.3 is 0 Å². The van der Waals surface area contributed by atoms with E-state index in [1.807, 2.05) is 6.20 Å². The third kappa shape index (κ3) is 3.96. The highest BCUT2D eigenvalue weighted by Gasteiger charge is 2.27. The summed E-state index contributed by atoms with van der Waals surface area (Å²) in [6.45, 7) is 2.87. The number of aliphatic hydroxyl groups excluding tert-OH is 1. The zero-order chi connectivity index (χ0) is 21.4. The van der Waals surface area contributed by atoms with Gasteiger partial charge in [0.15, 0.2) is 11.6 Å². The second-order valence-electron chi connectivity index (χ2n) is 7.13. The summed E-state index contributed by atoms with van der Waals surface area (Å²) in [5, 5.41) is 17.7. The number of rotatable bonds is 5. The Morgan fingerprint density at radius 3 is 2.83 bits per heavy atom. The first kappa shape index (κ1) is 20.9. The van der Waals surface area contributed by atoms with E-state index in [0.717, 1.165) is 11.1 Å². The lowest BCUT2D eigenvalue weighted by Crippen LogP contribution is -2.22. The van der Waals surface area contributed by atoms with Crippen LogP contribution in [0.2, 0.25) is 10.0 Å². The minimum atomic E-state index is -0.664. The number of nitrogens with two attached hydrogens (primary N) is 1. The summed E-state index contributed by atoms with van der Waals surface area (Å²) in [6.07, 6.45) is 3.97. The molecule has 10 heteroatoms. The molecule has 1 fully saturated rings. The zero-order valence-corrected chi connectivity index (χ0v) is 17.5. The SMILES string of the molecule is CC(Oc1cc(-c2cnn(C3CNCC3O)c2)cnc1N)c1c(Cl)ccc(F)c1Cl. The van der Waals surface area contributed by atoms with Crippen molar-refractivity contribution in [3.63, 3.8) is 0 Å². The lowest BCUT2D eigenvalue weighted by atomic mass is 10.1. The highest BCUT2D eigenvalue weighted by Crippen LogP contribution is 2.37. The maximum absolute atomic E-state index is 13.9. The molecule has 0 saturated carbocycles. The largest absolute Gasteiger partial charge is 0.482 e. The second-order valence-corrected chi connectivity index (χ2v) is 7.91. The molecular formula is C20H20Cl2FN5O2. The normalized spacial score (nSPS) is 19.8. The van der Waals surface area contributed by atoms with Crippen LogP contribution in [0.3, 0.4) is 0 Å². The number of β-amino-alcohol motifs (C(OH)–C–C–N with tert-alkyl or cyclic N) is 1. The van der Waals surface area contributed by atoms with Crippen LogP contribution in [-0.2, 0) is 0 Å². The molecule has 4 N–H and O–H groups in total. The third-order valence-electron chi connectivity index (χ3n) is 5.10. The number of aromatic nitrogens is 3. The van der Waals surface area contributed by atoms with E-state index >= 15 is 0 Å². The average Bonchev–Trinajstić information content (AvgIpc) is 3.35. The van der Waals surface area contributed by atoms with Crippen molar-refractivity contribution in [2.24, 2.45) is 0 Å². The van der Waals surface area contributed by atoms with Gasteiger partial charge in [0.05, 0.1) is 23.4 Å². The van der Waals surface area contributed by atoms with Crippen molar-refractivity contribution < 1.29 is 14.2 Å². The van der Waals surface area contributed by atoms with E-state index in [1.54, 1.807) is 30.1 Å². The molecule has 2 aromatic heterocycles. The predicted molar refractivity (Wildman–Crippen MR) is 113 cm³/mol. The first-order chi connectivity index (χ1) is 14.3. The van der Waals surface area contributed by atoms with Gasteiger partial charge in [-0.3, -0.25) is 4.68 Å². The molecular weight excluding hydrogens is 432 g/mol. The van der Waals surface area contributed by atoms with Crippen molar-refractivity contribution in [1.29, 1.82) is 0 Å². The summed E-state index contributed by atoms with van der Waals surface area (Å²) in [4.78, 5) is 4.20. The van der Waals surface area contributed by atoms with Crippen molar-refractivity contribution in [3.8, 4) is 16.9 Å². The molecule has 1 aliphatic rings. The van der Waals surface area contributed by atoms with Crippen molar-refractivity contribution in [1.82, 2.24) is 20.1 Å². The van der Waals surface area contributed by atoms with Crippen molar-refractivity contribution in [2.45, 2.75) is 25.2 Å². The number of benzene rings is 1. The quantitative estimate of drug-likeness (QED) is 0.512. The number of halogens is 3. The molecule has 3 atom stereocenters. The van der Waals surface area contributed by atoms with E-state index in [2.05, 4.69) is 15.4 Å². The molecule has 3 aromatic rings. The highest BCUT2D eigenvalue weighted by atomic mass is 35.5. The summed E-state index contributed by atoms with van der Waals surface area (Å²) < 4.78 is 21.5. The molecule has 1 saturated heterocycles. The summed E-state index contributed by atoms with van der Waals surface area (Å²) in [7, 11) is 0. The van der Waals surface area contributed by atoms with Gasteiger partial charge in [-0.2, -0.15) is 5.10 Å². The molecule has 0 radical (unpaired) electrons. The van der Waals surface area contributed by atoms with Crippen LogP contribution in [-0.4, -0.2) is 39.1 Å². The first-order valence-electron chi connectivity index (χ1n) is 9.34. The summed E-state index contributed by atoms with van der Waals surface area (Å²) >= 11 is 12.3. The van der Waals surface area contributed by atoms with Crippen LogP contribution < -0.4 is 15.8 Å². The fourth-order valence-corrected chi connectivity index (χ4v) is 4.14. The Kier molecular flexibility index (Phi) is 5.84. The number of nitrogens with zero attached hydrogens (tertiary/aromatic N) is 3. The Morgan fingerprint density at radius 1 is 1.30 bits per heavy atom. The molecule has 1 aliphatic heterocycles. The van der Waals surface area contributed by atoms with Crippen molar-refractivity contribution in [2.75, 3.05) is 18.8 Å². The third-order valence-corrected chi connectivity index (χ3v) is 5.81. The molecule has 0 aliphatic carbocycles.